The first-order valence-corrected chi connectivity index (χ1v) is 23.2. The average Bonchev–Trinajstić information content (AvgIpc) is 3.68. The predicted molar refractivity (Wildman–Crippen MR) is 252 cm³/mol. The molecule has 1 fully saturated rings. The topological polar surface area (TPSA) is 268 Å². The molecule has 73 heavy (non-hydrogen) atoms. The van der Waals surface area contributed by atoms with Crippen LogP contribution in [0.15, 0.2) is 91.0 Å². The number of alkyl carbamates (subject to hydrolysis) is 1. The van der Waals surface area contributed by atoms with Gasteiger partial charge in [0.25, 0.3) is 5.69 Å². The van der Waals surface area contributed by atoms with E-state index < -0.39 is 78.4 Å². The highest BCUT2D eigenvalue weighted by molar-refractivity contribution is 5.79. The van der Waals surface area contributed by atoms with E-state index in [0.29, 0.717) is 45.9 Å². The molecule has 0 spiro atoms. The van der Waals surface area contributed by atoms with E-state index in [-0.39, 0.29) is 48.4 Å². The molecule has 6 rings (SSSR count). The number of benzene rings is 4. The maximum atomic E-state index is 13.0. The highest BCUT2D eigenvalue weighted by atomic mass is 16.7. The van der Waals surface area contributed by atoms with Crippen molar-refractivity contribution in [1.29, 1.82) is 0 Å². The van der Waals surface area contributed by atoms with Crippen LogP contribution in [0.2, 0.25) is 0 Å². The summed E-state index contributed by atoms with van der Waals surface area (Å²) in [4.78, 5) is 85.5. The van der Waals surface area contributed by atoms with Crippen molar-refractivity contribution < 1.29 is 90.5 Å². The zero-order valence-electron chi connectivity index (χ0n) is 40.5. The van der Waals surface area contributed by atoms with E-state index in [1.807, 2.05) is 24.3 Å². The second-order valence-electron chi connectivity index (χ2n) is 16.3. The van der Waals surface area contributed by atoms with Gasteiger partial charge in [0.2, 0.25) is 12.4 Å². The Morgan fingerprint density at radius 3 is 1.89 bits per heavy atom. The molecular formula is C51H56N2O20. The number of fused-ring (bicyclic) bond motifs is 3. The van der Waals surface area contributed by atoms with E-state index in [1.54, 1.807) is 12.1 Å². The molecule has 1 amide bonds. The van der Waals surface area contributed by atoms with Gasteiger partial charge in [0.15, 0.2) is 18.3 Å². The fraction of sp³-hybridized carbons (Fsp3) is 0.412. The lowest BCUT2D eigenvalue weighted by atomic mass is 9.97. The molecule has 1 aliphatic carbocycles. The Kier molecular flexibility index (Phi) is 20.4. The first-order chi connectivity index (χ1) is 35.2. The summed E-state index contributed by atoms with van der Waals surface area (Å²) in [6.07, 6.45) is -9.00. The van der Waals surface area contributed by atoms with E-state index in [4.69, 9.17) is 56.8 Å². The Morgan fingerprint density at radius 1 is 0.685 bits per heavy atom. The number of carbonyl (C=O) groups is 6. The molecule has 0 radical (unpaired) electrons. The van der Waals surface area contributed by atoms with Crippen LogP contribution < -0.4 is 14.8 Å². The Balaban J connectivity index is 0.970. The van der Waals surface area contributed by atoms with Crippen molar-refractivity contribution in [3.63, 3.8) is 0 Å². The molecule has 0 aromatic heterocycles. The van der Waals surface area contributed by atoms with Gasteiger partial charge in [-0.05, 0) is 64.9 Å². The number of carbonyl (C=O) groups excluding carboxylic acids is 6. The smallest absolute Gasteiger partial charge is 0.467 e. The second kappa shape index (κ2) is 27.2. The van der Waals surface area contributed by atoms with E-state index in [1.165, 1.54) is 18.2 Å². The number of amides is 1. The number of methoxy groups -OCH3 is 1. The van der Waals surface area contributed by atoms with E-state index in [9.17, 15) is 38.9 Å². The van der Waals surface area contributed by atoms with Crippen LogP contribution in [0.1, 0.15) is 55.4 Å². The van der Waals surface area contributed by atoms with Crippen molar-refractivity contribution in [3.05, 3.63) is 123 Å². The number of aryl methyl sites for hydroxylation is 1. The van der Waals surface area contributed by atoms with Gasteiger partial charge in [-0.3, -0.25) is 24.5 Å². The lowest BCUT2D eigenvalue weighted by Gasteiger charge is -2.43. The van der Waals surface area contributed by atoms with Gasteiger partial charge >= 0.3 is 36.1 Å². The summed E-state index contributed by atoms with van der Waals surface area (Å²) < 4.78 is 66.3. The van der Waals surface area contributed by atoms with Crippen LogP contribution in [0.4, 0.5) is 15.3 Å². The molecule has 4 aromatic rings. The van der Waals surface area contributed by atoms with Gasteiger partial charge in [-0.1, -0.05) is 54.6 Å². The first-order valence-electron chi connectivity index (χ1n) is 23.2. The number of esters is 4. The van der Waals surface area contributed by atoms with E-state index in [0.717, 1.165) is 67.8 Å². The molecule has 0 bridgehead atoms. The summed E-state index contributed by atoms with van der Waals surface area (Å²) in [6.45, 7) is 5.00. The maximum Gasteiger partial charge on any atom is 0.514 e. The molecule has 22 heteroatoms. The van der Waals surface area contributed by atoms with Crippen molar-refractivity contribution in [2.45, 2.75) is 76.8 Å². The van der Waals surface area contributed by atoms with Crippen LogP contribution in [-0.4, -0.2) is 132 Å². The normalized spacial score (nSPS) is 17.7. The minimum atomic E-state index is -1.73. The maximum absolute atomic E-state index is 13.0. The van der Waals surface area contributed by atoms with E-state index >= 15 is 0 Å². The molecule has 4 aromatic carbocycles. The van der Waals surface area contributed by atoms with Crippen LogP contribution >= 0.6 is 0 Å². The number of ether oxygens (including phenoxy) is 12. The third kappa shape index (κ3) is 15.9. The fourth-order valence-corrected chi connectivity index (χ4v) is 8.01. The van der Waals surface area contributed by atoms with Crippen molar-refractivity contribution in [2.24, 2.45) is 0 Å². The molecule has 0 saturated carbocycles. The molecule has 1 aliphatic heterocycles. The van der Waals surface area contributed by atoms with Crippen molar-refractivity contribution in [1.82, 2.24) is 5.32 Å². The third-order valence-electron chi connectivity index (χ3n) is 11.2. The van der Waals surface area contributed by atoms with Crippen LogP contribution in [0.3, 0.4) is 0 Å². The molecule has 5 atom stereocenters. The van der Waals surface area contributed by atoms with Crippen LogP contribution in [-0.2, 0) is 79.6 Å². The lowest BCUT2D eigenvalue weighted by Crippen LogP contribution is -2.64. The van der Waals surface area contributed by atoms with Crippen LogP contribution in [0.5, 0.6) is 11.5 Å². The van der Waals surface area contributed by atoms with Crippen LogP contribution in [0.25, 0.3) is 11.1 Å². The van der Waals surface area contributed by atoms with Crippen molar-refractivity contribution >= 4 is 41.8 Å². The largest absolute Gasteiger partial charge is 0.514 e. The quantitative estimate of drug-likeness (QED) is 0.0202. The number of hydrogen-bond acceptors (Lipinski definition) is 20. The number of nitro groups is 1. The minimum Gasteiger partial charge on any atom is -0.467 e. The number of non-ortho nitro benzene ring substituents is 1. The monoisotopic (exact) mass is 1020 g/mol. The molecule has 22 nitrogen and oxygen atoms in total. The third-order valence-corrected chi connectivity index (χ3v) is 11.2. The van der Waals surface area contributed by atoms with E-state index in [2.05, 4.69) is 29.6 Å². The lowest BCUT2D eigenvalue weighted by molar-refractivity contribution is -0.384. The molecule has 1 saturated heterocycles. The summed E-state index contributed by atoms with van der Waals surface area (Å²) in [7, 11) is 1.05. The number of hydrogen-bond donors (Lipinski definition) is 1. The number of rotatable bonds is 25. The highest BCUT2D eigenvalue weighted by Gasteiger charge is 2.56. The Morgan fingerprint density at radius 2 is 1.27 bits per heavy atom. The summed E-state index contributed by atoms with van der Waals surface area (Å²) in [5.41, 5.74) is 5.31. The Bertz CT molecular complexity index is 2510. The molecular weight excluding hydrogens is 961 g/mol. The minimum absolute atomic E-state index is 0.00516. The van der Waals surface area contributed by atoms with Crippen molar-refractivity contribution in [3.8, 4) is 22.6 Å². The summed E-state index contributed by atoms with van der Waals surface area (Å²) in [5.74, 6) is -3.75. The van der Waals surface area contributed by atoms with Gasteiger partial charge in [0, 0.05) is 57.5 Å². The molecule has 1 unspecified atom stereocenters. The average molecular weight is 1020 g/mol. The summed E-state index contributed by atoms with van der Waals surface area (Å²) in [6, 6.07) is 25.8. The van der Waals surface area contributed by atoms with Gasteiger partial charge in [0.1, 0.15) is 24.7 Å². The molecule has 390 valence electrons. The molecule has 1 heterocycles. The fourth-order valence-electron chi connectivity index (χ4n) is 8.01. The second-order valence-corrected chi connectivity index (χ2v) is 16.3. The predicted octanol–water partition coefficient (Wildman–Crippen LogP) is 5.90. The zero-order valence-corrected chi connectivity index (χ0v) is 40.5. The Hall–Kier alpha value is -7.66. The van der Waals surface area contributed by atoms with Gasteiger partial charge in [0.05, 0.1) is 45.1 Å². The van der Waals surface area contributed by atoms with Crippen molar-refractivity contribution in [2.75, 3.05) is 59.9 Å². The number of nitro benzene ring substituents is 1. The number of nitrogens with zero attached hydrogens (tertiary/aromatic N) is 1. The summed E-state index contributed by atoms with van der Waals surface area (Å²) in [5, 5.41) is 13.8. The summed E-state index contributed by atoms with van der Waals surface area (Å²) >= 11 is 0. The van der Waals surface area contributed by atoms with Gasteiger partial charge in [-0.15, -0.1) is 0 Å². The SMILES string of the molecule is COC(=O)[C@H]1OC(Oc2ccc(CCCOCCOCCOCCNC(=O)OCC3c4ccccc4-c4ccccc43)cc2COC(=O)Oc2ccc([N+](=O)[O-])cc2)[C@H](OC(C)=O)[C@@H](OC(C)=O)[C@@H]1OC(C)=O. The van der Waals surface area contributed by atoms with Gasteiger partial charge < -0.3 is 62.2 Å². The highest BCUT2D eigenvalue weighted by Crippen LogP contribution is 2.44. The van der Waals surface area contributed by atoms with Gasteiger partial charge in [-0.25, -0.2) is 14.4 Å². The molecule has 1 N–H and O–H groups in total. The molecule has 2 aliphatic rings. The Labute approximate surface area is 419 Å². The standard InChI is InChI=1S/C51H56N2O20/c1-31(54)68-44-45(69-32(2)55)47(70-33(3)56)49(73-46(44)48(57)62-4)72-43-20-15-34(28-35(43)29-67-51(59)71-37-18-16-36(17-19-37)53(60)61)10-9-22-63-24-26-65-27-25-64-23-21-52-50(58)66-30-42-40-13-7-5-11-38(40)39-12-6-8-14-41(39)42/h5-8,11-20,28,42,44-47,49H,9-10,21-27,29-30H2,1-4H3,(H,52,58)/t44-,45-,46-,47+,49?/m0/s1. The first kappa shape index (κ1) is 54.7. The van der Waals surface area contributed by atoms with Crippen LogP contribution in [0, 0.1) is 10.1 Å². The van der Waals surface area contributed by atoms with Gasteiger partial charge in [-0.2, -0.15) is 0 Å². The zero-order chi connectivity index (χ0) is 52.3. The number of nitrogens with one attached hydrogen (secondary N) is 1.